The van der Waals surface area contributed by atoms with Gasteiger partial charge in [0.2, 0.25) is 0 Å². The lowest BCUT2D eigenvalue weighted by Crippen LogP contribution is -2.23. The number of ether oxygens (including phenoxy) is 1. The molecule has 3 heteroatoms. The predicted molar refractivity (Wildman–Crippen MR) is 89.0 cm³/mol. The van der Waals surface area contributed by atoms with E-state index in [0.717, 1.165) is 50.0 Å². The van der Waals surface area contributed by atoms with E-state index >= 15 is 0 Å². The van der Waals surface area contributed by atoms with E-state index in [4.69, 9.17) is 10.5 Å². The van der Waals surface area contributed by atoms with E-state index in [0.29, 0.717) is 12.4 Å². The molecule has 0 radical (unpaired) electrons. The summed E-state index contributed by atoms with van der Waals surface area (Å²) in [6.07, 6.45) is 5.01. The Hall–Kier alpha value is -1.22. The van der Waals surface area contributed by atoms with Gasteiger partial charge in [0.05, 0.1) is 6.61 Å². The molecular formula is C18H31NO2. The fourth-order valence-electron chi connectivity index (χ4n) is 2.49. The van der Waals surface area contributed by atoms with Crippen molar-refractivity contribution in [3.05, 3.63) is 23.3 Å². The molecular weight excluding hydrogens is 262 g/mol. The lowest BCUT2D eigenvalue weighted by molar-refractivity contribution is 0.277. The molecule has 0 aliphatic heterocycles. The fraction of sp³-hybridized carbons (Fsp3) is 0.667. The Bertz CT molecular complexity index is 441. The van der Waals surface area contributed by atoms with Gasteiger partial charge in [-0.15, -0.1) is 0 Å². The van der Waals surface area contributed by atoms with Gasteiger partial charge in [-0.2, -0.15) is 0 Å². The van der Waals surface area contributed by atoms with Crippen LogP contribution in [0.1, 0.15) is 58.1 Å². The summed E-state index contributed by atoms with van der Waals surface area (Å²) >= 11 is 0. The minimum Gasteiger partial charge on any atom is -0.508 e. The standard InChI is InChI=1S/C18H31NO2/c1-5-14-11-15(12-17(20)16(14)6-2)21-10-8-7-9-18(3,4)13-19/h11-12,20H,5-10,13,19H2,1-4H3. The van der Waals surface area contributed by atoms with E-state index in [1.807, 2.05) is 0 Å². The zero-order valence-corrected chi connectivity index (χ0v) is 14.0. The van der Waals surface area contributed by atoms with Crippen molar-refractivity contribution in [2.75, 3.05) is 13.2 Å². The van der Waals surface area contributed by atoms with Crippen LogP contribution in [-0.4, -0.2) is 18.3 Å². The van der Waals surface area contributed by atoms with E-state index in [1.165, 1.54) is 5.56 Å². The first kappa shape index (κ1) is 17.8. The van der Waals surface area contributed by atoms with Gasteiger partial charge in [-0.1, -0.05) is 27.7 Å². The second-order valence-corrected chi connectivity index (χ2v) is 6.46. The summed E-state index contributed by atoms with van der Waals surface area (Å²) in [7, 11) is 0. The molecule has 0 spiro atoms. The molecule has 1 aromatic carbocycles. The number of benzene rings is 1. The van der Waals surface area contributed by atoms with E-state index < -0.39 is 0 Å². The first-order chi connectivity index (χ1) is 9.93. The highest BCUT2D eigenvalue weighted by Crippen LogP contribution is 2.29. The van der Waals surface area contributed by atoms with E-state index in [1.54, 1.807) is 6.07 Å². The molecule has 3 N–H and O–H groups in total. The van der Waals surface area contributed by atoms with Gasteiger partial charge in [0.1, 0.15) is 11.5 Å². The predicted octanol–water partition coefficient (Wildman–Crippen LogP) is 4.05. The van der Waals surface area contributed by atoms with Crippen LogP contribution in [0.4, 0.5) is 0 Å². The molecule has 3 nitrogen and oxygen atoms in total. The number of nitrogens with two attached hydrogens (primary N) is 1. The highest BCUT2D eigenvalue weighted by molar-refractivity contribution is 5.45. The highest BCUT2D eigenvalue weighted by Gasteiger charge is 2.14. The Labute approximate surface area is 129 Å². The van der Waals surface area contributed by atoms with Crippen LogP contribution in [0.5, 0.6) is 11.5 Å². The van der Waals surface area contributed by atoms with Crippen LogP contribution in [0.2, 0.25) is 0 Å². The van der Waals surface area contributed by atoms with Crippen LogP contribution in [0.15, 0.2) is 12.1 Å². The summed E-state index contributed by atoms with van der Waals surface area (Å²) in [5, 5.41) is 10.1. The Kier molecular flexibility index (Phi) is 7.03. The van der Waals surface area contributed by atoms with Crippen molar-refractivity contribution in [3.8, 4) is 11.5 Å². The van der Waals surface area contributed by atoms with Crippen molar-refractivity contribution < 1.29 is 9.84 Å². The third-order valence-corrected chi connectivity index (χ3v) is 4.10. The van der Waals surface area contributed by atoms with Gasteiger partial charge < -0.3 is 15.6 Å². The zero-order valence-electron chi connectivity index (χ0n) is 14.0. The Morgan fingerprint density at radius 3 is 2.43 bits per heavy atom. The van der Waals surface area contributed by atoms with Gasteiger partial charge in [0.25, 0.3) is 0 Å². The van der Waals surface area contributed by atoms with E-state index in [-0.39, 0.29) is 5.41 Å². The number of phenolic OH excluding ortho intramolecular Hbond substituents is 1. The van der Waals surface area contributed by atoms with Gasteiger partial charge in [0, 0.05) is 6.07 Å². The minimum absolute atomic E-state index is 0.219. The van der Waals surface area contributed by atoms with Gasteiger partial charge in [0.15, 0.2) is 0 Å². The number of hydrogen-bond acceptors (Lipinski definition) is 3. The summed E-state index contributed by atoms with van der Waals surface area (Å²) < 4.78 is 5.79. The molecule has 0 saturated heterocycles. The fourth-order valence-corrected chi connectivity index (χ4v) is 2.49. The van der Waals surface area contributed by atoms with Crippen molar-refractivity contribution in [1.29, 1.82) is 0 Å². The maximum atomic E-state index is 10.1. The number of aryl methyl sites for hydroxylation is 1. The summed E-state index contributed by atoms with van der Waals surface area (Å²) in [5.74, 6) is 1.13. The van der Waals surface area contributed by atoms with Crippen LogP contribution in [0, 0.1) is 5.41 Å². The van der Waals surface area contributed by atoms with Crippen molar-refractivity contribution >= 4 is 0 Å². The summed E-state index contributed by atoms with van der Waals surface area (Å²) in [5.41, 5.74) is 8.16. The molecule has 0 heterocycles. The molecule has 21 heavy (non-hydrogen) atoms. The van der Waals surface area contributed by atoms with Crippen LogP contribution in [0.25, 0.3) is 0 Å². The number of unbranched alkanes of at least 4 members (excludes halogenated alkanes) is 1. The molecule has 0 atom stereocenters. The quantitative estimate of drug-likeness (QED) is 0.675. The Morgan fingerprint density at radius 2 is 1.86 bits per heavy atom. The molecule has 1 aromatic rings. The molecule has 0 saturated carbocycles. The molecule has 0 aliphatic rings. The second kappa shape index (κ2) is 8.28. The molecule has 0 fully saturated rings. The SMILES string of the molecule is CCc1cc(OCCCCC(C)(C)CN)cc(O)c1CC. The summed E-state index contributed by atoms with van der Waals surface area (Å²) in [6.45, 7) is 9.97. The normalized spacial score (nSPS) is 11.7. The summed E-state index contributed by atoms with van der Waals surface area (Å²) in [4.78, 5) is 0. The third-order valence-electron chi connectivity index (χ3n) is 4.10. The van der Waals surface area contributed by atoms with Crippen LogP contribution >= 0.6 is 0 Å². The van der Waals surface area contributed by atoms with Crippen LogP contribution in [0.3, 0.4) is 0 Å². The number of phenols is 1. The van der Waals surface area contributed by atoms with Crippen molar-refractivity contribution in [3.63, 3.8) is 0 Å². The van der Waals surface area contributed by atoms with Gasteiger partial charge in [-0.05, 0) is 61.3 Å². The number of aromatic hydroxyl groups is 1. The largest absolute Gasteiger partial charge is 0.508 e. The Balaban J connectivity index is 2.48. The number of hydrogen-bond donors (Lipinski definition) is 2. The molecule has 0 bridgehead atoms. The van der Waals surface area contributed by atoms with Crippen molar-refractivity contribution in [1.82, 2.24) is 0 Å². The van der Waals surface area contributed by atoms with Gasteiger partial charge >= 0.3 is 0 Å². The maximum Gasteiger partial charge on any atom is 0.123 e. The first-order valence-corrected chi connectivity index (χ1v) is 8.11. The Morgan fingerprint density at radius 1 is 1.14 bits per heavy atom. The maximum absolute atomic E-state index is 10.1. The van der Waals surface area contributed by atoms with Crippen LogP contribution < -0.4 is 10.5 Å². The molecule has 0 aromatic heterocycles. The number of rotatable bonds is 9. The van der Waals surface area contributed by atoms with E-state index in [9.17, 15) is 5.11 Å². The molecule has 0 amide bonds. The lowest BCUT2D eigenvalue weighted by atomic mass is 9.87. The van der Waals surface area contributed by atoms with Crippen molar-refractivity contribution in [2.24, 2.45) is 11.1 Å². The monoisotopic (exact) mass is 293 g/mol. The van der Waals surface area contributed by atoms with Gasteiger partial charge in [-0.25, -0.2) is 0 Å². The first-order valence-electron chi connectivity index (χ1n) is 8.11. The van der Waals surface area contributed by atoms with Crippen LogP contribution in [-0.2, 0) is 12.8 Å². The molecule has 0 unspecified atom stereocenters. The topological polar surface area (TPSA) is 55.5 Å². The highest BCUT2D eigenvalue weighted by atomic mass is 16.5. The summed E-state index contributed by atoms with van der Waals surface area (Å²) in [6, 6.07) is 3.80. The van der Waals surface area contributed by atoms with Gasteiger partial charge in [-0.3, -0.25) is 0 Å². The molecule has 1 rings (SSSR count). The van der Waals surface area contributed by atoms with Crippen molar-refractivity contribution in [2.45, 2.75) is 59.8 Å². The third kappa shape index (κ3) is 5.58. The lowest BCUT2D eigenvalue weighted by Gasteiger charge is -2.21. The smallest absolute Gasteiger partial charge is 0.123 e. The average Bonchev–Trinajstić information content (AvgIpc) is 2.46. The average molecular weight is 293 g/mol. The van der Waals surface area contributed by atoms with E-state index in [2.05, 4.69) is 33.8 Å². The zero-order chi connectivity index (χ0) is 15.9. The minimum atomic E-state index is 0.219. The second-order valence-electron chi connectivity index (χ2n) is 6.46. The molecule has 120 valence electrons. The molecule has 0 aliphatic carbocycles.